The molecule has 0 aliphatic carbocycles. The largest absolute Gasteiger partial charge is 0.497 e. The summed E-state index contributed by atoms with van der Waals surface area (Å²) in [5.41, 5.74) is 2.94. The van der Waals surface area contributed by atoms with Crippen LogP contribution in [0, 0.1) is 13.8 Å². The van der Waals surface area contributed by atoms with E-state index in [-0.39, 0.29) is 6.42 Å². The molecule has 2 rings (SSSR count). The second-order valence-corrected chi connectivity index (χ2v) is 5.32. The zero-order chi connectivity index (χ0) is 16.1. The van der Waals surface area contributed by atoms with Crippen molar-refractivity contribution in [1.82, 2.24) is 0 Å². The number of hydrogen-bond donors (Lipinski definition) is 1. The van der Waals surface area contributed by atoms with E-state index in [2.05, 4.69) is 0 Å². The third-order valence-electron chi connectivity index (χ3n) is 3.30. The monoisotopic (exact) mass is 300 g/mol. The lowest BCUT2D eigenvalue weighted by Crippen LogP contribution is -2.29. The Morgan fingerprint density at radius 3 is 2.36 bits per heavy atom. The van der Waals surface area contributed by atoms with Gasteiger partial charge in [0.1, 0.15) is 11.5 Å². The van der Waals surface area contributed by atoms with Crippen molar-refractivity contribution in [2.24, 2.45) is 0 Å². The highest BCUT2D eigenvalue weighted by molar-refractivity contribution is 5.73. The number of ether oxygens (including phenoxy) is 2. The number of benzene rings is 2. The molecule has 1 atom stereocenters. The van der Waals surface area contributed by atoms with Crippen LogP contribution in [-0.4, -0.2) is 24.3 Å². The standard InChI is InChI=1S/C18H20O4/c1-12-7-13(2)9-16(8-12)22-17(18(19)20)11-14-5-4-6-15(10-14)21-3/h4-10,17H,11H2,1-3H3,(H,19,20)/t17-/m1/s1. The van der Waals surface area contributed by atoms with Gasteiger partial charge in [-0.25, -0.2) is 4.79 Å². The average Bonchev–Trinajstić information content (AvgIpc) is 2.45. The minimum atomic E-state index is -0.984. The first kappa shape index (κ1) is 15.9. The lowest BCUT2D eigenvalue weighted by atomic mass is 10.1. The molecule has 2 aromatic rings. The molecule has 4 nitrogen and oxygen atoms in total. The Labute approximate surface area is 130 Å². The molecular formula is C18H20O4. The van der Waals surface area contributed by atoms with Gasteiger partial charge in [-0.1, -0.05) is 18.2 Å². The molecule has 0 fully saturated rings. The van der Waals surface area contributed by atoms with Crippen molar-refractivity contribution in [3.8, 4) is 11.5 Å². The summed E-state index contributed by atoms with van der Waals surface area (Å²) in [6.45, 7) is 3.91. The van der Waals surface area contributed by atoms with Crippen molar-refractivity contribution in [2.45, 2.75) is 26.4 Å². The SMILES string of the molecule is COc1cccc(C[C@@H](Oc2cc(C)cc(C)c2)C(=O)O)c1. The maximum Gasteiger partial charge on any atom is 0.345 e. The van der Waals surface area contributed by atoms with E-state index in [0.29, 0.717) is 11.5 Å². The number of methoxy groups -OCH3 is 1. The second-order valence-electron chi connectivity index (χ2n) is 5.32. The first-order valence-corrected chi connectivity index (χ1v) is 7.08. The predicted molar refractivity (Wildman–Crippen MR) is 84.7 cm³/mol. The van der Waals surface area contributed by atoms with E-state index in [9.17, 15) is 9.90 Å². The van der Waals surface area contributed by atoms with Crippen molar-refractivity contribution >= 4 is 5.97 Å². The number of aliphatic carboxylic acids is 1. The van der Waals surface area contributed by atoms with Crippen molar-refractivity contribution in [3.05, 3.63) is 59.2 Å². The van der Waals surface area contributed by atoms with Gasteiger partial charge in [0, 0.05) is 6.42 Å². The molecule has 0 aliphatic rings. The van der Waals surface area contributed by atoms with Gasteiger partial charge in [0.2, 0.25) is 0 Å². The fourth-order valence-electron chi connectivity index (χ4n) is 2.36. The molecule has 22 heavy (non-hydrogen) atoms. The highest BCUT2D eigenvalue weighted by atomic mass is 16.5. The van der Waals surface area contributed by atoms with Crippen LogP contribution in [0.2, 0.25) is 0 Å². The molecule has 0 amide bonds. The van der Waals surface area contributed by atoms with Crippen LogP contribution in [0.5, 0.6) is 11.5 Å². The van der Waals surface area contributed by atoms with Crippen LogP contribution in [0.3, 0.4) is 0 Å². The highest BCUT2D eigenvalue weighted by Crippen LogP contribution is 2.20. The van der Waals surface area contributed by atoms with Crippen molar-refractivity contribution in [1.29, 1.82) is 0 Å². The molecule has 2 aromatic carbocycles. The van der Waals surface area contributed by atoms with Gasteiger partial charge in [-0.2, -0.15) is 0 Å². The molecule has 1 N–H and O–H groups in total. The van der Waals surface area contributed by atoms with Gasteiger partial charge >= 0.3 is 5.97 Å². The van der Waals surface area contributed by atoms with E-state index >= 15 is 0 Å². The van der Waals surface area contributed by atoms with Crippen molar-refractivity contribution in [2.75, 3.05) is 7.11 Å². The third-order valence-corrected chi connectivity index (χ3v) is 3.30. The first-order valence-electron chi connectivity index (χ1n) is 7.08. The average molecular weight is 300 g/mol. The van der Waals surface area contributed by atoms with Gasteiger partial charge in [-0.05, 0) is 54.8 Å². The molecule has 0 aromatic heterocycles. The molecular weight excluding hydrogens is 280 g/mol. The minimum absolute atomic E-state index is 0.277. The predicted octanol–water partition coefficient (Wildman–Crippen LogP) is 3.39. The Bertz CT molecular complexity index is 644. The lowest BCUT2D eigenvalue weighted by Gasteiger charge is -2.16. The Kier molecular flexibility index (Phi) is 5.04. The molecule has 0 aliphatic heterocycles. The smallest absolute Gasteiger partial charge is 0.345 e. The van der Waals surface area contributed by atoms with Gasteiger partial charge in [-0.15, -0.1) is 0 Å². The van der Waals surface area contributed by atoms with Gasteiger partial charge in [0.25, 0.3) is 0 Å². The minimum Gasteiger partial charge on any atom is -0.497 e. The summed E-state index contributed by atoms with van der Waals surface area (Å²) in [6.07, 6.45) is -0.659. The van der Waals surface area contributed by atoms with Crippen molar-refractivity contribution < 1.29 is 19.4 Å². The summed E-state index contributed by atoms with van der Waals surface area (Å²) >= 11 is 0. The fourth-order valence-corrected chi connectivity index (χ4v) is 2.36. The first-order chi connectivity index (χ1) is 10.5. The van der Waals surface area contributed by atoms with Crippen LogP contribution in [-0.2, 0) is 11.2 Å². The van der Waals surface area contributed by atoms with E-state index in [1.165, 1.54) is 0 Å². The Morgan fingerprint density at radius 1 is 1.09 bits per heavy atom. The molecule has 0 bridgehead atoms. The van der Waals surface area contributed by atoms with Crippen LogP contribution in [0.4, 0.5) is 0 Å². The van der Waals surface area contributed by atoms with Gasteiger partial charge in [0.15, 0.2) is 6.10 Å². The van der Waals surface area contributed by atoms with Gasteiger partial charge in [-0.3, -0.25) is 0 Å². The maximum absolute atomic E-state index is 11.5. The second kappa shape index (κ2) is 6.98. The van der Waals surface area contributed by atoms with E-state index < -0.39 is 12.1 Å². The number of carboxylic acids is 1. The normalized spacial score (nSPS) is 11.8. The number of aryl methyl sites for hydroxylation is 2. The van der Waals surface area contributed by atoms with E-state index in [0.717, 1.165) is 16.7 Å². The van der Waals surface area contributed by atoms with E-state index in [1.807, 2.05) is 56.3 Å². The highest BCUT2D eigenvalue weighted by Gasteiger charge is 2.20. The number of carboxylic acid groups (broad SMARTS) is 1. The molecule has 4 heteroatoms. The van der Waals surface area contributed by atoms with Gasteiger partial charge in [0.05, 0.1) is 7.11 Å². The zero-order valence-corrected chi connectivity index (χ0v) is 13.0. The Balaban J connectivity index is 2.17. The number of rotatable bonds is 6. The summed E-state index contributed by atoms with van der Waals surface area (Å²) in [7, 11) is 1.58. The van der Waals surface area contributed by atoms with Crippen LogP contribution >= 0.6 is 0 Å². The van der Waals surface area contributed by atoms with Crippen LogP contribution in [0.15, 0.2) is 42.5 Å². The molecule has 0 unspecified atom stereocenters. The third kappa shape index (κ3) is 4.25. The molecule has 0 heterocycles. The topological polar surface area (TPSA) is 55.8 Å². The number of hydrogen-bond acceptors (Lipinski definition) is 3. The molecule has 0 saturated carbocycles. The molecule has 0 spiro atoms. The zero-order valence-electron chi connectivity index (χ0n) is 13.0. The maximum atomic E-state index is 11.5. The summed E-state index contributed by atoms with van der Waals surface area (Å²) in [4.78, 5) is 11.5. The quantitative estimate of drug-likeness (QED) is 0.888. The summed E-state index contributed by atoms with van der Waals surface area (Å²) in [5.74, 6) is 0.294. The molecule has 0 saturated heterocycles. The summed E-state index contributed by atoms with van der Waals surface area (Å²) in [5, 5.41) is 9.40. The lowest BCUT2D eigenvalue weighted by molar-refractivity contribution is -0.145. The number of carbonyl (C=O) groups is 1. The van der Waals surface area contributed by atoms with Crippen LogP contribution in [0.1, 0.15) is 16.7 Å². The van der Waals surface area contributed by atoms with Crippen LogP contribution in [0.25, 0.3) is 0 Å². The van der Waals surface area contributed by atoms with Crippen LogP contribution < -0.4 is 9.47 Å². The molecule has 0 radical (unpaired) electrons. The van der Waals surface area contributed by atoms with E-state index in [1.54, 1.807) is 7.11 Å². The Hall–Kier alpha value is -2.49. The summed E-state index contributed by atoms with van der Waals surface area (Å²) < 4.78 is 10.8. The molecule has 116 valence electrons. The van der Waals surface area contributed by atoms with Crippen molar-refractivity contribution in [3.63, 3.8) is 0 Å². The van der Waals surface area contributed by atoms with E-state index in [4.69, 9.17) is 9.47 Å². The fraction of sp³-hybridized carbons (Fsp3) is 0.278. The summed E-state index contributed by atoms with van der Waals surface area (Å²) in [6, 6.07) is 13.0. The Morgan fingerprint density at radius 2 is 1.77 bits per heavy atom. The van der Waals surface area contributed by atoms with Gasteiger partial charge < -0.3 is 14.6 Å².